The van der Waals surface area contributed by atoms with Crippen molar-refractivity contribution in [2.45, 2.75) is 6.42 Å². The van der Waals surface area contributed by atoms with Crippen molar-refractivity contribution in [3.05, 3.63) is 65.7 Å². The van der Waals surface area contributed by atoms with Crippen LogP contribution in [0.5, 0.6) is 0 Å². The fraction of sp³-hybridized carbons (Fsp3) is 0.278. The highest BCUT2D eigenvalue weighted by Gasteiger charge is 2.10. The molecule has 0 heterocycles. The zero-order chi connectivity index (χ0) is 15.8. The average molecular weight is 299 g/mol. The molecule has 0 aliphatic heterocycles. The maximum Gasteiger partial charge on any atom is 0.193 e. The Bertz CT molecular complexity index is 581. The number of hydrogen-bond donors (Lipinski definition) is 2. The molecule has 116 valence electrons. The third kappa shape index (κ3) is 4.16. The van der Waals surface area contributed by atoms with Crippen LogP contribution in [0.4, 0.5) is 5.69 Å². The van der Waals surface area contributed by atoms with Gasteiger partial charge in [0.05, 0.1) is 6.61 Å². The summed E-state index contributed by atoms with van der Waals surface area (Å²) in [5, 5.41) is 18.1. The maximum atomic E-state index is 12.3. The molecule has 22 heavy (non-hydrogen) atoms. The first-order chi connectivity index (χ1) is 10.8. The molecule has 0 bridgehead atoms. The van der Waals surface area contributed by atoms with Gasteiger partial charge in [-0.25, -0.2) is 0 Å². The molecule has 0 aliphatic carbocycles. The van der Waals surface area contributed by atoms with E-state index in [1.807, 2.05) is 35.2 Å². The van der Waals surface area contributed by atoms with Crippen LogP contribution < -0.4 is 4.90 Å². The molecule has 0 amide bonds. The van der Waals surface area contributed by atoms with Crippen molar-refractivity contribution in [1.29, 1.82) is 0 Å². The molecule has 0 aromatic heterocycles. The summed E-state index contributed by atoms with van der Waals surface area (Å²) in [6.45, 7) is 1.34. The Labute approximate surface area is 130 Å². The van der Waals surface area contributed by atoms with Gasteiger partial charge >= 0.3 is 0 Å². The first-order valence-electron chi connectivity index (χ1n) is 7.42. The number of carbonyl (C=O) groups excluding carboxylic acids is 1. The number of aliphatic hydroxyl groups is 2. The van der Waals surface area contributed by atoms with E-state index in [0.29, 0.717) is 30.6 Å². The molecule has 4 nitrogen and oxygen atoms in total. The fourth-order valence-electron chi connectivity index (χ4n) is 2.33. The smallest absolute Gasteiger partial charge is 0.193 e. The number of hydrogen-bond acceptors (Lipinski definition) is 4. The molecule has 0 unspecified atom stereocenters. The Balaban J connectivity index is 2.13. The number of anilines is 1. The van der Waals surface area contributed by atoms with Gasteiger partial charge in [-0.2, -0.15) is 0 Å². The van der Waals surface area contributed by atoms with Crippen molar-refractivity contribution >= 4 is 11.5 Å². The summed E-state index contributed by atoms with van der Waals surface area (Å²) in [5.74, 6) is -0.00350. The van der Waals surface area contributed by atoms with Crippen LogP contribution in [0.2, 0.25) is 0 Å². The molecule has 0 saturated carbocycles. The molecule has 0 fully saturated rings. The molecule has 2 rings (SSSR count). The van der Waals surface area contributed by atoms with Crippen molar-refractivity contribution < 1.29 is 15.0 Å². The van der Waals surface area contributed by atoms with E-state index in [1.54, 1.807) is 24.3 Å². The molecular formula is C18H21NO3. The van der Waals surface area contributed by atoms with Gasteiger partial charge in [0, 0.05) is 36.5 Å². The third-order valence-electron chi connectivity index (χ3n) is 3.49. The Morgan fingerprint density at radius 1 is 0.818 bits per heavy atom. The second-order valence-electron chi connectivity index (χ2n) is 5.03. The van der Waals surface area contributed by atoms with Gasteiger partial charge in [-0.1, -0.05) is 30.3 Å². The van der Waals surface area contributed by atoms with Gasteiger partial charge in [0.15, 0.2) is 5.78 Å². The predicted molar refractivity (Wildman–Crippen MR) is 87.3 cm³/mol. The van der Waals surface area contributed by atoms with E-state index < -0.39 is 0 Å². The summed E-state index contributed by atoms with van der Waals surface area (Å²) < 4.78 is 0. The van der Waals surface area contributed by atoms with Gasteiger partial charge in [-0.05, 0) is 30.7 Å². The second kappa shape index (κ2) is 8.32. The monoisotopic (exact) mass is 299 g/mol. The highest BCUT2D eigenvalue weighted by atomic mass is 16.3. The molecule has 2 aromatic carbocycles. The van der Waals surface area contributed by atoms with Gasteiger partial charge in [0.2, 0.25) is 0 Å². The Hall–Kier alpha value is -2.17. The summed E-state index contributed by atoms with van der Waals surface area (Å²) in [5.41, 5.74) is 2.25. The summed E-state index contributed by atoms with van der Waals surface area (Å²) in [7, 11) is 0. The summed E-state index contributed by atoms with van der Waals surface area (Å²) in [6.07, 6.45) is 0.644. The van der Waals surface area contributed by atoms with Crippen molar-refractivity contribution in [3.63, 3.8) is 0 Å². The highest BCUT2D eigenvalue weighted by molar-refractivity contribution is 6.09. The van der Waals surface area contributed by atoms with E-state index in [9.17, 15) is 4.79 Å². The molecule has 0 atom stereocenters. The molecule has 0 saturated heterocycles. The SMILES string of the molecule is O=C(c1ccccc1)c1ccc(N(CCO)CCCO)cc1. The molecule has 4 heteroatoms. The Morgan fingerprint density at radius 2 is 1.45 bits per heavy atom. The standard InChI is InChI=1S/C18H21NO3/c20-13-4-11-19(12-14-21)17-9-7-16(8-10-17)18(22)15-5-2-1-3-6-15/h1-3,5-10,20-21H,4,11-14H2. The largest absolute Gasteiger partial charge is 0.396 e. The first-order valence-corrected chi connectivity index (χ1v) is 7.42. The lowest BCUT2D eigenvalue weighted by Crippen LogP contribution is -2.28. The van der Waals surface area contributed by atoms with Crippen LogP contribution in [0.15, 0.2) is 54.6 Å². The van der Waals surface area contributed by atoms with E-state index in [4.69, 9.17) is 10.2 Å². The number of rotatable bonds is 8. The van der Waals surface area contributed by atoms with Crippen LogP contribution in [0.25, 0.3) is 0 Å². The van der Waals surface area contributed by atoms with Crippen LogP contribution in [0.3, 0.4) is 0 Å². The lowest BCUT2D eigenvalue weighted by molar-refractivity contribution is 0.103. The Morgan fingerprint density at radius 3 is 2.05 bits per heavy atom. The molecule has 0 aliphatic rings. The summed E-state index contributed by atoms with van der Waals surface area (Å²) in [4.78, 5) is 14.3. The number of aliphatic hydroxyl groups excluding tert-OH is 2. The minimum absolute atomic E-state index is 0.00350. The van der Waals surface area contributed by atoms with Crippen molar-refractivity contribution in [2.24, 2.45) is 0 Å². The quantitative estimate of drug-likeness (QED) is 0.733. The maximum absolute atomic E-state index is 12.3. The fourth-order valence-corrected chi connectivity index (χ4v) is 2.33. The normalized spacial score (nSPS) is 10.5. The molecule has 2 N–H and O–H groups in total. The summed E-state index contributed by atoms with van der Waals surface area (Å²) >= 11 is 0. The Kier molecular flexibility index (Phi) is 6.13. The first kappa shape index (κ1) is 16.2. The summed E-state index contributed by atoms with van der Waals surface area (Å²) in [6, 6.07) is 16.5. The minimum atomic E-state index is -0.00350. The van der Waals surface area contributed by atoms with Gasteiger partial charge in [-0.15, -0.1) is 0 Å². The van der Waals surface area contributed by atoms with E-state index in [2.05, 4.69) is 0 Å². The number of ketones is 1. The minimum Gasteiger partial charge on any atom is -0.396 e. The lowest BCUT2D eigenvalue weighted by Gasteiger charge is -2.23. The van der Waals surface area contributed by atoms with Crippen LogP contribution in [0.1, 0.15) is 22.3 Å². The third-order valence-corrected chi connectivity index (χ3v) is 3.49. The van der Waals surface area contributed by atoms with Crippen LogP contribution in [-0.2, 0) is 0 Å². The molecular weight excluding hydrogens is 278 g/mol. The predicted octanol–water partition coefficient (Wildman–Crippen LogP) is 2.10. The van der Waals surface area contributed by atoms with Gasteiger partial charge in [-0.3, -0.25) is 4.79 Å². The van der Waals surface area contributed by atoms with Gasteiger partial charge < -0.3 is 15.1 Å². The molecule has 0 radical (unpaired) electrons. The number of nitrogens with zero attached hydrogens (tertiary/aromatic N) is 1. The van der Waals surface area contributed by atoms with Crippen molar-refractivity contribution in [2.75, 3.05) is 31.2 Å². The number of benzene rings is 2. The molecule has 0 spiro atoms. The zero-order valence-electron chi connectivity index (χ0n) is 12.5. The molecule has 2 aromatic rings. The second-order valence-corrected chi connectivity index (χ2v) is 5.03. The van der Waals surface area contributed by atoms with Crippen molar-refractivity contribution in [3.8, 4) is 0 Å². The van der Waals surface area contributed by atoms with Gasteiger partial charge in [0.25, 0.3) is 0 Å². The zero-order valence-corrected chi connectivity index (χ0v) is 12.5. The van der Waals surface area contributed by atoms with Crippen LogP contribution in [-0.4, -0.2) is 42.3 Å². The highest BCUT2D eigenvalue weighted by Crippen LogP contribution is 2.17. The van der Waals surface area contributed by atoms with Crippen LogP contribution in [0, 0.1) is 0 Å². The lowest BCUT2D eigenvalue weighted by atomic mass is 10.0. The van der Waals surface area contributed by atoms with E-state index in [0.717, 1.165) is 5.69 Å². The number of carbonyl (C=O) groups is 1. The van der Waals surface area contributed by atoms with E-state index >= 15 is 0 Å². The van der Waals surface area contributed by atoms with Crippen molar-refractivity contribution in [1.82, 2.24) is 0 Å². The van der Waals surface area contributed by atoms with E-state index in [-0.39, 0.29) is 19.0 Å². The van der Waals surface area contributed by atoms with Crippen LogP contribution >= 0.6 is 0 Å². The topological polar surface area (TPSA) is 60.8 Å². The van der Waals surface area contributed by atoms with Gasteiger partial charge in [0.1, 0.15) is 0 Å². The average Bonchev–Trinajstić information content (AvgIpc) is 2.59. The van der Waals surface area contributed by atoms with E-state index in [1.165, 1.54) is 0 Å².